The van der Waals surface area contributed by atoms with Gasteiger partial charge < -0.3 is 10.2 Å². The molecule has 1 unspecified atom stereocenters. The van der Waals surface area contributed by atoms with Gasteiger partial charge in [0.1, 0.15) is 5.82 Å². The Morgan fingerprint density at radius 1 is 1.14 bits per heavy atom. The first-order valence-corrected chi connectivity index (χ1v) is 9.65. The molecule has 1 aliphatic heterocycles. The number of hydrogen-bond donors (Lipinski definition) is 1. The molecule has 1 aromatic heterocycles. The molecule has 1 N–H and O–H groups in total. The normalized spacial score (nSPS) is 16.1. The predicted molar refractivity (Wildman–Crippen MR) is 113 cm³/mol. The molecule has 0 radical (unpaired) electrons. The van der Waals surface area contributed by atoms with Gasteiger partial charge in [0.05, 0.1) is 11.3 Å². The second-order valence-corrected chi connectivity index (χ2v) is 7.20. The van der Waals surface area contributed by atoms with Crippen LogP contribution in [0.3, 0.4) is 0 Å². The summed E-state index contributed by atoms with van der Waals surface area (Å²) in [7, 11) is 0. The molecular formula is C23H22N4O2. The van der Waals surface area contributed by atoms with Crippen LogP contribution in [0, 0.1) is 6.92 Å². The molecule has 0 aliphatic carbocycles. The quantitative estimate of drug-likeness (QED) is 0.728. The second kappa shape index (κ2) is 7.83. The fourth-order valence-corrected chi connectivity index (χ4v) is 3.61. The lowest BCUT2D eigenvalue weighted by molar-refractivity contribution is -0.117. The van der Waals surface area contributed by atoms with Crippen molar-refractivity contribution in [1.82, 2.24) is 9.97 Å². The number of nitrogens with one attached hydrogen (secondary N) is 1. The molecule has 1 fully saturated rings. The highest BCUT2D eigenvalue weighted by molar-refractivity contribution is 6.08. The van der Waals surface area contributed by atoms with Gasteiger partial charge in [0.15, 0.2) is 0 Å². The summed E-state index contributed by atoms with van der Waals surface area (Å²) in [6.45, 7) is 3.83. The first-order chi connectivity index (χ1) is 14.0. The van der Waals surface area contributed by atoms with E-state index >= 15 is 0 Å². The van der Waals surface area contributed by atoms with Crippen LogP contribution in [0.2, 0.25) is 0 Å². The molecule has 4 rings (SSSR count). The molecule has 1 atom stereocenters. The summed E-state index contributed by atoms with van der Waals surface area (Å²) in [5, 5.41) is 2.92. The molecule has 1 saturated heterocycles. The van der Waals surface area contributed by atoms with Crippen molar-refractivity contribution >= 4 is 23.2 Å². The first kappa shape index (κ1) is 18.8. The second-order valence-electron chi connectivity index (χ2n) is 7.20. The van der Waals surface area contributed by atoms with Crippen LogP contribution in [0.15, 0.2) is 60.8 Å². The Morgan fingerprint density at radius 3 is 2.66 bits per heavy atom. The van der Waals surface area contributed by atoms with Crippen LogP contribution in [0.25, 0.3) is 11.3 Å². The van der Waals surface area contributed by atoms with Crippen molar-refractivity contribution in [3.05, 3.63) is 72.2 Å². The molecule has 29 heavy (non-hydrogen) atoms. The predicted octanol–water partition coefficient (Wildman–Crippen LogP) is 4.22. The van der Waals surface area contributed by atoms with Crippen LogP contribution in [-0.4, -0.2) is 27.8 Å². The van der Waals surface area contributed by atoms with Crippen molar-refractivity contribution in [1.29, 1.82) is 0 Å². The number of benzene rings is 2. The lowest BCUT2D eigenvalue weighted by Crippen LogP contribution is -2.30. The van der Waals surface area contributed by atoms with Crippen LogP contribution in [0.1, 0.15) is 35.9 Å². The monoisotopic (exact) mass is 386 g/mol. The molecule has 6 heteroatoms. The number of rotatable bonds is 4. The zero-order valence-corrected chi connectivity index (χ0v) is 16.4. The Balaban J connectivity index is 1.63. The van der Waals surface area contributed by atoms with Crippen LogP contribution < -0.4 is 10.2 Å². The van der Waals surface area contributed by atoms with Crippen molar-refractivity contribution in [3.63, 3.8) is 0 Å². The maximum atomic E-state index is 13.0. The number of aryl methyl sites for hydroxylation is 1. The molecule has 146 valence electrons. The maximum Gasteiger partial charge on any atom is 0.259 e. The Morgan fingerprint density at radius 2 is 1.93 bits per heavy atom. The van der Waals surface area contributed by atoms with Gasteiger partial charge in [-0.3, -0.25) is 9.59 Å². The van der Waals surface area contributed by atoms with E-state index < -0.39 is 0 Å². The van der Waals surface area contributed by atoms with E-state index in [1.165, 1.54) is 0 Å². The summed E-state index contributed by atoms with van der Waals surface area (Å²) in [4.78, 5) is 35.7. The molecule has 2 amide bonds. The molecule has 0 spiro atoms. The van der Waals surface area contributed by atoms with Gasteiger partial charge >= 0.3 is 0 Å². The number of carbonyl (C=O) groups is 2. The maximum absolute atomic E-state index is 13.0. The number of nitrogens with zero attached hydrogens (tertiary/aromatic N) is 3. The largest absolute Gasteiger partial charge is 0.322 e. The molecule has 3 aromatic rings. The van der Waals surface area contributed by atoms with Gasteiger partial charge in [-0.25, -0.2) is 9.97 Å². The topological polar surface area (TPSA) is 75.2 Å². The highest BCUT2D eigenvalue weighted by Gasteiger charge is 2.28. The standard InChI is InChI=1S/C23H22N4O2/c1-15-11-12-21(28)27(15)19-10-6-9-18(13-19)26-23(29)20-14-24-16(2)25-22(20)17-7-4-3-5-8-17/h3-10,13-15H,11-12H2,1-2H3,(H,26,29). The number of amides is 2. The zero-order valence-electron chi connectivity index (χ0n) is 16.4. The van der Waals surface area contributed by atoms with Crippen molar-refractivity contribution in [3.8, 4) is 11.3 Å². The third-order valence-electron chi connectivity index (χ3n) is 5.07. The summed E-state index contributed by atoms with van der Waals surface area (Å²) < 4.78 is 0. The van der Waals surface area contributed by atoms with E-state index in [1.807, 2.05) is 61.5 Å². The Kier molecular flexibility index (Phi) is 5.08. The Bertz CT molecular complexity index is 1070. The van der Waals surface area contributed by atoms with Gasteiger partial charge in [0, 0.05) is 35.6 Å². The third kappa shape index (κ3) is 3.87. The van der Waals surface area contributed by atoms with E-state index in [-0.39, 0.29) is 17.9 Å². The van der Waals surface area contributed by atoms with E-state index in [1.54, 1.807) is 18.0 Å². The fraction of sp³-hybridized carbons (Fsp3) is 0.217. The SMILES string of the molecule is Cc1ncc(C(=O)Nc2cccc(N3C(=O)CCC3C)c2)c(-c2ccccc2)n1. The molecule has 6 nitrogen and oxygen atoms in total. The molecule has 1 aliphatic rings. The Hall–Kier alpha value is -3.54. The van der Waals surface area contributed by atoms with E-state index in [0.29, 0.717) is 29.2 Å². The summed E-state index contributed by atoms with van der Waals surface area (Å²) in [5.74, 6) is 0.421. The number of carbonyl (C=O) groups excluding carboxylic acids is 2. The van der Waals surface area contributed by atoms with Gasteiger partial charge in [-0.05, 0) is 38.5 Å². The van der Waals surface area contributed by atoms with Crippen LogP contribution in [0.5, 0.6) is 0 Å². The number of hydrogen-bond acceptors (Lipinski definition) is 4. The van der Waals surface area contributed by atoms with Gasteiger partial charge in [-0.2, -0.15) is 0 Å². The Labute approximate surface area is 169 Å². The zero-order chi connectivity index (χ0) is 20.4. The number of anilines is 2. The molecule has 2 aromatic carbocycles. The van der Waals surface area contributed by atoms with E-state index in [0.717, 1.165) is 17.7 Å². The average molecular weight is 386 g/mol. The van der Waals surface area contributed by atoms with Gasteiger partial charge in [0.25, 0.3) is 5.91 Å². The van der Waals surface area contributed by atoms with E-state index in [2.05, 4.69) is 15.3 Å². The van der Waals surface area contributed by atoms with Crippen molar-refractivity contribution in [2.75, 3.05) is 10.2 Å². The minimum absolute atomic E-state index is 0.110. The number of aromatic nitrogens is 2. The minimum Gasteiger partial charge on any atom is -0.322 e. The third-order valence-corrected chi connectivity index (χ3v) is 5.07. The average Bonchev–Trinajstić information content (AvgIpc) is 3.07. The van der Waals surface area contributed by atoms with Crippen molar-refractivity contribution < 1.29 is 9.59 Å². The highest BCUT2D eigenvalue weighted by Crippen LogP contribution is 2.29. The molecular weight excluding hydrogens is 364 g/mol. The molecule has 2 heterocycles. The van der Waals surface area contributed by atoms with Gasteiger partial charge in [-0.15, -0.1) is 0 Å². The smallest absolute Gasteiger partial charge is 0.259 e. The lowest BCUT2D eigenvalue weighted by atomic mass is 10.1. The van der Waals surface area contributed by atoms with E-state index in [9.17, 15) is 9.59 Å². The molecule has 0 saturated carbocycles. The van der Waals surface area contributed by atoms with Crippen LogP contribution in [0.4, 0.5) is 11.4 Å². The van der Waals surface area contributed by atoms with Crippen LogP contribution >= 0.6 is 0 Å². The molecule has 0 bridgehead atoms. The first-order valence-electron chi connectivity index (χ1n) is 9.65. The van der Waals surface area contributed by atoms with E-state index in [4.69, 9.17) is 0 Å². The van der Waals surface area contributed by atoms with Crippen molar-refractivity contribution in [2.45, 2.75) is 32.7 Å². The lowest BCUT2D eigenvalue weighted by Gasteiger charge is -2.22. The summed E-state index contributed by atoms with van der Waals surface area (Å²) in [6.07, 6.45) is 2.95. The summed E-state index contributed by atoms with van der Waals surface area (Å²) in [5.41, 5.74) is 3.27. The highest BCUT2D eigenvalue weighted by atomic mass is 16.2. The minimum atomic E-state index is -0.290. The van der Waals surface area contributed by atoms with Crippen molar-refractivity contribution in [2.24, 2.45) is 0 Å². The van der Waals surface area contributed by atoms with Gasteiger partial charge in [-0.1, -0.05) is 36.4 Å². The fourth-order valence-electron chi connectivity index (χ4n) is 3.61. The summed E-state index contributed by atoms with van der Waals surface area (Å²) in [6, 6.07) is 17.1. The van der Waals surface area contributed by atoms with Crippen LogP contribution in [-0.2, 0) is 4.79 Å². The summed E-state index contributed by atoms with van der Waals surface area (Å²) >= 11 is 0. The van der Waals surface area contributed by atoms with Gasteiger partial charge in [0.2, 0.25) is 5.91 Å².